The topological polar surface area (TPSA) is 112 Å². The van der Waals surface area contributed by atoms with E-state index in [1.807, 2.05) is 5.32 Å². The number of carbonyl (C=O) groups is 3. The van der Waals surface area contributed by atoms with Crippen molar-refractivity contribution in [3.05, 3.63) is 81.6 Å². The molecule has 7 rings (SSSR count). The molecule has 1 atom stereocenters. The number of likely N-dealkylation sites (tertiary alicyclic amines) is 1. The Hall–Kier alpha value is -4.24. The molecule has 2 aromatic heterocycles. The Balaban J connectivity index is 0.000000189. The monoisotopic (exact) mass is 704 g/mol. The minimum absolute atomic E-state index is 0.0773. The smallest absolute Gasteiger partial charge is 0.471 e. The molecule has 2 N–H and O–H groups in total. The van der Waals surface area contributed by atoms with Crippen LogP contribution < -0.4 is 5.32 Å². The van der Waals surface area contributed by atoms with E-state index in [4.69, 9.17) is 5.11 Å². The Morgan fingerprint density at radius 1 is 0.792 bits per heavy atom. The maximum absolute atomic E-state index is 13.3. The second-order valence-corrected chi connectivity index (χ2v) is 13.9. The Morgan fingerprint density at radius 3 is 1.73 bits per heavy atom. The summed E-state index contributed by atoms with van der Waals surface area (Å²) in [5.74, 6) is -3.41. The molecule has 3 heterocycles. The minimum Gasteiger partial charge on any atom is -0.476 e. The van der Waals surface area contributed by atoms with Crippen LogP contribution in [0.2, 0.25) is 0 Å². The SMILES string of the molecule is O=C(O)c1nc(C2CC2)sc1-c1ccc(F)cc1.O=C(c1nc(C2CC2)sc1-c1ccc(F)cc1)N1CCC[C@H]1CNC(=O)C(F)(F)F. The van der Waals surface area contributed by atoms with E-state index in [-0.39, 0.29) is 29.7 Å². The Morgan fingerprint density at radius 2 is 1.27 bits per heavy atom. The molecule has 2 aliphatic carbocycles. The molecule has 48 heavy (non-hydrogen) atoms. The van der Waals surface area contributed by atoms with Crippen LogP contribution in [0.1, 0.15) is 81.4 Å². The van der Waals surface area contributed by atoms with Gasteiger partial charge in [0.25, 0.3) is 5.91 Å². The third-order valence-electron chi connectivity index (χ3n) is 8.15. The van der Waals surface area contributed by atoms with Crippen LogP contribution in [0.3, 0.4) is 0 Å². The molecule has 2 aromatic carbocycles. The Kier molecular flexibility index (Phi) is 9.61. The number of halogens is 5. The fraction of sp³-hybridized carbons (Fsp3) is 0.364. The van der Waals surface area contributed by atoms with Gasteiger partial charge in [-0.15, -0.1) is 22.7 Å². The third-order valence-corrected chi connectivity index (χ3v) is 10.7. The highest BCUT2D eigenvalue weighted by Crippen LogP contribution is 2.46. The van der Waals surface area contributed by atoms with Gasteiger partial charge in [-0.1, -0.05) is 24.3 Å². The average Bonchev–Trinajstić information content (AvgIpc) is 3.95. The summed E-state index contributed by atoms with van der Waals surface area (Å²) in [5.41, 5.74) is 1.69. The van der Waals surface area contributed by atoms with Crippen LogP contribution >= 0.6 is 22.7 Å². The van der Waals surface area contributed by atoms with Gasteiger partial charge in [-0.2, -0.15) is 13.2 Å². The van der Waals surface area contributed by atoms with Crippen molar-refractivity contribution in [2.45, 2.75) is 62.6 Å². The van der Waals surface area contributed by atoms with Crippen molar-refractivity contribution in [2.24, 2.45) is 0 Å². The zero-order valence-electron chi connectivity index (χ0n) is 25.2. The molecule has 0 unspecified atom stereocenters. The van der Waals surface area contributed by atoms with Crippen molar-refractivity contribution in [2.75, 3.05) is 13.1 Å². The first-order valence-corrected chi connectivity index (χ1v) is 16.9. The number of hydrogen-bond donors (Lipinski definition) is 2. The number of carboxylic acids is 1. The number of nitrogens with zero attached hydrogens (tertiary/aromatic N) is 3. The number of nitrogens with one attached hydrogen (secondary N) is 1. The standard InChI is InChI=1S/C20H19F4N3O2S.C13H10FNO2S/c21-13-7-5-11(6-8-13)16-15(26-17(30-16)12-3-4-12)18(28)27-9-1-2-14(27)10-25-19(29)20(22,23)24;14-9-5-3-7(4-6-9)11-10(13(16)17)15-12(18-11)8-1-2-8/h5-8,12,14H,1-4,9-10H2,(H,25,29);3-6,8H,1-2H2,(H,16,17)/t14-;/m0./s1. The van der Waals surface area contributed by atoms with Crippen molar-refractivity contribution in [1.82, 2.24) is 20.2 Å². The first-order chi connectivity index (χ1) is 22.9. The molecule has 8 nitrogen and oxygen atoms in total. The van der Waals surface area contributed by atoms with E-state index in [2.05, 4.69) is 9.97 Å². The first-order valence-electron chi connectivity index (χ1n) is 15.3. The quantitative estimate of drug-likeness (QED) is 0.183. The van der Waals surface area contributed by atoms with Gasteiger partial charge in [-0.25, -0.2) is 23.5 Å². The van der Waals surface area contributed by atoms with Gasteiger partial charge in [-0.05, 0) is 73.9 Å². The zero-order chi connectivity index (χ0) is 34.2. The lowest BCUT2D eigenvalue weighted by Gasteiger charge is -2.25. The predicted molar refractivity (Wildman–Crippen MR) is 169 cm³/mol. The van der Waals surface area contributed by atoms with Crippen LogP contribution in [0, 0.1) is 11.6 Å². The van der Waals surface area contributed by atoms with Gasteiger partial charge in [0.05, 0.1) is 19.8 Å². The molecule has 2 saturated carbocycles. The van der Waals surface area contributed by atoms with Crippen LogP contribution in [-0.4, -0.2) is 63.1 Å². The van der Waals surface area contributed by atoms with Crippen LogP contribution in [0.4, 0.5) is 22.0 Å². The largest absolute Gasteiger partial charge is 0.476 e. The van der Waals surface area contributed by atoms with Crippen molar-refractivity contribution < 1.29 is 41.4 Å². The molecule has 1 saturated heterocycles. The van der Waals surface area contributed by atoms with E-state index in [0.717, 1.165) is 35.7 Å². The second-order valence-electron chi connectivity index (χ2n) is 11.8. The summed E-state index contributed by atoms with van der Waals surface area (Å²) >= 11 is 2.80. The molecular formula is C33H29F5N4O4S2. The highest BCUT2D eigenvalue weighted by Gasteiger charge is 2.40. The van der Waals surface area contributed by atoms with Crippen LogP contribution in [0.25, 0.3) is 20.9 Å². The normalized spacial score (nSPS) is 17.5. The Bertz CT molecular complexity index is 1820. The summed E-state index contributed by atoms with van der Waals surface area (Å²) in [6, 6.07) is 11.1. The van der Waals surface area contributed by atoms with Gasteiger partial charge in [-0.3, -0.25) is 9.59 Å². The molecule has 0 radical (unpaired) electrons. The maximum atomic E-state index is 13.3. The molecular weight excluding hydrogens is 676 g/mol. The predicted octanol–water partition coefficient (Wildman–Crippen LogP) is 7.63. The molecule has 4 aromatic rings. The number of amides is 2. The van der Waals surface area contributed by atoms with E-state index >= 15 is 0 Å². The van der Waals surface area contributed by atoms with Gasteiger partial charge in [0.15, 0.2) is 5.69 Å². The molecule has 15 heteroatoms. The van der Waals surface area contributed by atoms with Gasteiger partial charge in [0.2, 0.25) is 0 Å². The van der Waals surface area contributed by atoms with E-state index in [1.54, 1.807) is 24.3 Å². The molecule has 3 aliphatic rings. The summed E-state index contributed by atoms with van der Waals surface area (Å²) in [6.07, 6.45) is 0.320. The molecule has 0 spiro atoms. The molecule has 0 bridgehead atoms. The van der Waals surface area contributed by atoms with Crippen LogP contribution in [0.5, 0.6) is 0 Å². The first kappa shape index (κ1) is 33.7. The van der Waals surface area contributed by atoms with Gasteiger partial charge < -0.3 is 15.3 Å². The third kappa shape index (κ3) is 7.73. The van der Waals surface area contributed by atoms with Crippen molar-refractivity contribution >= 4 is 40.5 Å². The summed E-state index contributed by atoms with van der Waals surface area (Å²) in [6.45, 7) is 0.111. The molecule has 1 aliphatic heterocycles. The lowest BCUT2D eigenvalue weighted by Crippen LogP contribution is -2.46. The molecule has 252 valence electrons. The molecule has 2 amide bonds. The number of aromatic carboxylic acids is 1. The number of carbonyl (C=O) groups excluding carboxylic acids is 2. The van der Waals surface area contributed by atoms with E-state index in [1.165, 1.54) is 51.8 Å². The number of carboxylic acid groups (broad SMARTS) is 1. The van der Waals surface area contributed by atoms with Crippen LogP contribution in [-0.2, 0) is 4.79 Å². The zero-order valence-corrected chi connectivity index (χ0v) is 26.9. The van der Waals surface area contributed by atoms with E-state index < -0.39 is 29.9 Å². The highest BCUT2D eigenvalue weighted by molar-refractivity contribution is 7.16. The minimum atomic E-state index is -4.96. The summed E-state index contributed by atoms with van der Waals surface area (Å²) in [7, 11) is 0. The summed E-state index contributed by atoms with van der Waals surface area (Å²) in [4.78, 5) is 47.1. The molecule has 3 fully saturated rings. The van der Waals surface area contributed by atoms with Gasteiger partial charge >= 0.3 is 18.1 Å². The average molecular weight is 705 g/mol. The maximum Gasteiger partial charge on any atom is 0.471 e. The van der Waals surface area contributed by atoms with Crippen molar-refractivity contribution in [3.63, 3.8) is 0 Å². The number of thiazole rings is 2. The number of benzene rings is 2. The number of hydrogen-bond acceptors (Lipinski definition) is 7. The van der Waals surface area contributed by atoms with E-state index in [9.17, 15) is 36.3 Å². The summed E-state index contributed by atoms with van der Waals surface area (Å²) in [5, 5.41) is 12.8. The fourth-order valence-electron chi connectivity index (χ4n) is 5.33. The highest BCUT2D eigenvalue weighted by atomic mass is 32.1. The van der Waals surface area contributed by atoms with Crippen LogP contribution in [0.15, 0.2) is 48.5 Å². The fourth-order valence-corrected chi connectivity index (χ4v) is 7.79. The van der Waals surface area contributed by atoms with Crippen molar-refractivity contribution in [1.29, 1.82) is 0 Å². The summed E-state index contributed by atoms with van der Waals surface area (Å²) < 4.78 is 63.6. The van der Waals surface area contributed by atoms with Crippen molar-refractivity contribution in [3.8, 4) is 20.9 Å². The number of alkyl halides is 3. The number of rotatable bonds is 8. The Labute approximate surface area is 279 Å². The lowest BCUT2D eigenvalue weighted by molar-refractivity contribution is -0.173. The second kappa shape index (κ2) is 13.7. The number of aromatic nitrogens is 2. The van der Waals surface area contributed by atoms with Gasteiger partial charge in [0.1, 0.15) is 17.3 Å². The lowest BCUT2D eigenvalue weighted by atomic mass is 10.1. The van der Waals surface area contributed by atoms with E-state index in [0.29, 0.717) is 52.1 Å². The van der Waals surface area contributed by atoms with Gasteiger partial charge in [0, 0.05) is 31.0 Å².